The van der Waals surface area contributed by atoms with Crippen molar-refractivity contribution in [3.63, 3.8) is 0 Å². The summed E-state index contributed by atoms with van der Waals surface area (Å²) in [4.78, 5) is 10.3. The van der Waals surface area contributed by atoms with Crippen LogP contribution in [0.5, 0.6) is 0 Å². The van der Waals surface area contributed by atoms with Crippen LogP contribution in [0.2, 0.25) is 0 Å². The molecule has 0 unspecified atom stereocenters. The van der Waals surface area contributed by atoms with E-state index in [-0.39, 0.29) is 0 Å². The molecule has 0 aliphatic carbocycles. The molecule has 0 amide bonds. The second kappa shape index (κ2) is 11.9. The highest BCUT2D eigenvalue weighted by molar-refractivity contribution is 9.11. The van der Waals surface area contributed by atoms with Crippen LogP contribution >= 0.6 is 63.7 Å². The highest BCUT2D eigenvalue weighted by Crippen LogP contribution is 2.35. The number of halogens is 4. The van der Waals surface area contributed by atoms with E-state index in [4.69, 9.17) is 9.97 Å². The Morgan fingerprint density at radius 1 is 0.300 bits per heavy atom. The van der Waals surface area contributed by atoms with Crippen molar-refractivity contribution in [1.82, 2.24) is 9.97 Å². The van der Waals surface area contributed by atoms with Crippen molar-refractivity contribution in [1.29, 1.82) is 0 Å². The Bertz CT molecular complexity index is 1600. The monoisotopic (exact) mass is 772 g/mol. The fourth-order valence-corrected chi connectivity index (χ4v) is 6.18. The average Bonchev–Trinajstić information content (AvgIpc) is 2.97. The number of benzene rings is 4. The van der Waals surface area contributed by atoms with Gasteiger partial charge in [0.1, 0.15) is 0 Å². The van der Waals surface area contributed by atoms with E-state index in [2.05, 4.69) is 149 Å². The minimum Gasteiger partial charge on any atom is -0.246 e. The number of pyridine rings is 2. The van der Waals surface area contributed by atoms with Crippen molar-refractivity contribution in [3.8, 4) is 56.2 Å². The van der Waals surface area contributed by atoms with Gasteiger partial charge >= 0.3 is 0 Å². The van der Waals surface area contributed by atoms with Gasteiger partial charge in [-0.25, -0.2) is 9.97 Å². The summed E-state index contributed by atoms with van der Waals surface area (Å²) in [5, 5.41) is 0. The summed E-state index contributed by atoms with van der Waals surface area (Å²) in [6.07, 6.45) is 0. The molecule has 4 aromatic carbocycles. The van der Waals surface area contributed by atoms with E-state index < -0.39 is 0 Å². The van der Waals surface area contributed by atoms with Crippen molar-refractivity contribution in [2.45, 2.75) is 0 Å². The fraction of sp³-hybridized carbons (Fsp3) is 0. The molecule has 0 fully saturated rings. The van der Waals surface area contributed by atoms with Crippen LogP contribution in [-0.4, -0.2) is 9.97 Å². The van der Waals surface area contributed by atoms with Crippen molar-refractivity contribution in [2.24, 2.45) is 0 Å². The lowest BCUT2D eigenvalue weighted by Gasteiger charge is -2.13. The van der Waals surface area contributed by atoms with Gasteiger partial charge in [0.15, 0.2) is 0 Å². The van der Waals surface area contributed by atoms with Crippen LogP contribution in [0.25, 0.3) is 56.2 Å². The van der Waals surface area contributed by atoms with Crippen LogP contribution < -0.4 is 0 Å². The zero-order valence-corrected chi connectivity index (χ0v) is 27.3. The lowest BCUT2D eigenvalue weighted by Crippen LogP contribution is -1.96. The van der Waals surface area contributed by atoms with Crippen molar-refractivity contribution in [2.75, 3.05) is 0 Å². The SMILES string of the molecule is Brc1cccc(-c2cc(-c3cccc(Br)c3)nc(-c3cc(-c4cccc(Br)c4)cc(-c4cccc(Br)c4)n3)c2)c1. The first kappa shape index (κ1) is 27.3. The third kappa shape index (κ3) is 6.21. The Kier molecular flexibility index (Phi) is 8.12. The molecule has 0 aliphatic heterocycles. The summed E-state index contributed by atoms with van der Waals surface area (Å²) in [6, 6.07) is 41.7. The topological polar surface area (TPSA) is 25.8 Å². The number of nitrogens with zero attached hydrogens (tertiary/aromatic N) is 2. The number of hydrogen-bond donors (Lipinski definition) is 0. The molecule has 194 valence electrons. The van der Waals surface area contributed by atoms with Crippen LogP contribution in [0.15, 0.2) is 139 Å². The van der Waals surface area contributed by atoms with Gasteiger partial charge < -0.3 is 0 Å². The van der Waals surface area contributed by atoms with Crippen LogP contribution in [0.1, 0.15) is 0 Å². The van der Waals surface area contributed by atoms with Gasteiger partial charge in [0.2, 0.25) is 0 Å². The molecule has 2 heterocycles. The normalized spacial score (nSPS) is 11.0. The van der Waals surface area contributed by atoms with E-state index in [0.29, 0.717) is 0 Å². The minimum atomic E-state index is 0.806. The molecule has 0 spiro atoms. The van der Waals surface area contributed by atoms with E-state index in [9.17, 15) is 0 Å². The lowest BCUT2D eigenvalue weighted by atomic mass is 9.99. The van der Waals surface area contributed by atoms with Crippen molar-refractivity contribution < 1.29 is 0 Å². The minimum absolute atomic E-state index is 0.806. The first-order chi connectivity index (χ1) is 19.4. The fourth-order valence-electron chi connectivity index (χ4n) is 4.58. The largest absolute Gasteiger partial charge is 0.246 e. The molecule has 6 rings (SSSR count). The van der Waals surface area contributed by atoms with Gasteiger partial charge in [-0.15, -0.1) is 0 Å². The van der Waals surface area contributed by atoms with Crippen molar-refractivity contribution in [3.05, 3.63) is 139 Å². The van der Waals surface area contributed by atoms with Crippen LogP contribution in [-0.2, 0) is 0 Å². The van der Waals surface area contributed by atoms with E-state index >= 15 is 0 Å². The average molecular weight is 776 g/mol. The maximum absolute atomic E-state index is 5.15. The molecule has 0 bridgehead atoms. The maximum Gasteiger partial charge on any atom is 0.0900 e. The molecule has 6 heteroatoms. The number of hydrogen-bond acceptors (Lipinski definition) is 2. The second-order valence-corrected chi connectivity index (χ2v) is 13.0. The summed E-state index contributed by atoms with van der Waals surface area (Å²) in [5.41, 5.74) is 9.78. The van der Waals surface area contributed by atoms with E-state index in [1.807, 2.05) is 36.4 Å². The molecule has 0 radical (unpaired) electrons. The van der Waals surface area contributed by atoms with E-state index in [1.165, 1.54) is 0 Å². The summed E-state index contributed by atoms with van der Waals surface area (Å²) < 4.78 is 4.07. The van der Waals surface area contributed by atoms with Gasteiger partial charge in [-0.3, -0.25) is 0 Å². The number of aromatic nitrogens is 2. The molecular weight excluding hydrogens is 756 g/mol. The Morgan fingerprint density at radius 2 is 0.600 bits per heavy atom. The quantitative estimate of drug-likeness (QED) is 0.174. The first-order valence-corrected chi connectivity index (χ1v) is 15.7. The summed E-state index contributed by atoms with van der Waals surface area (Å²) in [6.45, 7) is 0. The second-order valence-electron chi connectivity index (χ2n) is 9.29. The third-order valence-corrected chi connectivity index (χ3v) is 8.44. The molecule has 0 saturated carbocycles. The third-order valence-electron chi connectivity index (χ3n) is 6.47. The summed E-state index contributed by atoms with van der Waals surface area (Å²) in [7, 11) is 0. The Morgan fingerprint density at radius 3 is 0.950 bits per heavy atom. The van der Waals surface area contributed by atoms with Gasteiger partial charge in [-0.1, -0.05) is 112 Å². The van der Waals surface area contributed by atoms with Gasteiger partial charge in [-0.2, -0.15) is 0 Å². The highest BCUT2D eigenvalue weighted by atomic mass is 79.9. The van der Waals surface area contributed by atoms with E-state index in [0.717, 1.165) is 74.0 Å². The lowest BCUT2D eigenvalue weighted by molar-refractivity contribution is 1.25. The standard InChI is InChI=1S/C34H20Br4N2/c35-27-9-1-5-21(13-27)25-17-31(23-7-3-11-29(37)15-23)39-33(19-25)34-20-26(22-6-2-10-28(36)14-22)18-32(40-34)24-8-4-12-30(38)16-24/h1-20H. The Hall–Kier alpha value is -2.90. The van der Waals surface area contributed by atoms with Crippen LogP contribution in [0.3, 0.4) is 0 Å². The van der Waals surface area contributed by atoms with Crippen LogP contribution in [0, 0.1) is 0 Å². The molecule has 0 aliphatic rings. The zero-order chi connectivity index (χ0) is 27.6. The Labute approximate surface area is 267 Å². The summed E-state index contributed by atoms with van der Waals surface area (Å²) in [5.74, 6) is 0. The zero-order valence-electron chi connectivity index (χ0n) is 21.0. The first-order valence-electron chi connectivity index (χ1n) is 12.5. The Balaban J connectivity index is 1.60. The molecule has 2 aromatic heterocycles. The predicted molar refractivity (Wildman–Crippen MR) is 180 cm³/mol. The van der Waals surface area contributed by atoms with Gasteiger partial charge in [0.25, 0.3) is 0 Å². The molecule has 0 atom stereocenters. The molecule has 0 N–H and O–H groups in total. The number of rotatable bonds is 5. The molecule has 6 aromatic rings. The van der Waals surface area contributed by atoms with Gasteiger partial charge in [0.05, 0.1) is 22.8 Å². The molecular formula is C34H20Br4N2. The smallest absolute Gasteiger partial charge is 0.0900 e. The molecule has 2 nitrogen and oxygen atoms in total. The molecule has 0 saturated heterocycles. The van der Waals surface area contributed by atoms with E-state index in [1.54, 1.807) is 0 Å². The maximum atomic E-state index is 5.15. The predicted octanol–water partition coefficient (Wildman–Crippen LogP) is 11.9. The van der Waals surface area contributed by atoms with Crippen LogP contribution in [0.4, 0.5) is 0 Å². The van der Waals surface area contributed by atoms with Gasteiger partial charge in [-0.05, 0) is 95.1 Å². The van der Waals surface area contributed by atoms with Crippen molar-refractivity contribution >= 4 is 63.7 Å². The summed E-state index contributed by atoms with van der Waals surface area (Å²) >= 11 is 14.5. The molecule has 40 heavy (non-hydrogen) atoms. The highest BCUT2D eigenvalue weighted by Gasteiger charge is 2.14. The van der Waals surface area contributed by atoms with Gasteiger partial charge in [0, 0.05) is 29.0 Å².